The molecule has 1 heterocycles. The Morgan fingerprint density at radius 3 is 2.75 bits per heavy atom. The number of halogens is 1. The van der Waals surface area contributed by atoms with Gasteiger partial charge in [-0.3, -0.25) is 14.6 Å². The van der Waals surface area contributed by atoms with Gasteiger partial charge in [0, 0.05) is 6.20 Å². The number of allylic oxidation sites excluding steroid dienone is 2. The van der Waals surface area contributed by atoms with E-state index in [1.165, 1.54) is 30.8 Å². The first kappa shape index (κ1) is 15.3. The molecule has 0 saturated heterocycles. The second-order valence-corrected chi connectivity index (χ2v) is 6.09. The number of Topliss-reactive ketones (excluding diaryl/α,β-unsaturated/α-hetero) is 2. The molecule has 3 nitrogen and oxygen atoms in total. The summed E-state index contributed by atoms with van der Waals surface area (Å²) in [6.07, 6.45) is 6.01. The fourth-order valence-corrected chi connectivity index (χ4v) is 3.38. The Morgan fingerprint density at radius 2 is 2.00 bits per heavy atom. The Labute approximate surface area is 127 Å². The Balaban J connectivity index is 2.11. The SMILES string of the molecule is CCCCCCSC1=C(Cl)C(=O)c2ncccc2C1=O. The highest BCUT2D eigenvalue weighted by Crippen LogP contribution is 2.34. The summed E-state index contributed by atoms with van der Waals surface area (Å²) >= 11 is 7.43. The zero-order valence-corrected chi connectivity index (χ0v) is 12.9. The predicted molar refractivity (Wildman–Crippen MR) is 82.4 cm³/mol. The van der Waals surface area contributed by atoms with E-state index in [0.29, 0.717) is 10.5 Å². The van der Waals surface area contributed by atoms with Crippen LogP contribution in [0.3, 0.4) is 0 Å². The van der Waals surface area contributed by atoms with Crippen molar-refractivity contribution in [2.75, 3.05) is 5.75 Å². The van der Waals surface area contributed by atoms with Crippen LogP contribution in [0.1, 0.15) is 53.5 Å². The van der Waals surface area contributed by atoms with Crippen molar-refractivity contribution >= 4 is 34.9 Å². The number of unbranched alkanes of at least 4 members (excludes halogenated alkanes) is 3. The lowest BCUT2D eigenvalue weighted by atomic mass is 10.00. The number of thioether (sulfide) groups is 1. The van der Waals surface area contributed by atoms with Crippen LogP contribution in [0.25, 0.3) is 0 Å². The molecule has 20 heavy (non-hydrogen) atoms. The molecule has 1 aliphatic rings. The summed E-state index contributed by atoms with van der Waals surface area (Å²) in [6, 6.07) is 3.29. The van der Waals surface area contributed by atoms with Crippen molar-refractivity contribution in [1.29, 1.82) is 0 Å². The van der Waals surface area contributed by atoms with Crippen LogP contribution in [-0.2, 0) is 0 Å². The molecule has 5 heteroatoms. The van der Waals surface area contributed by atoms with Gasteiger partial charge in [0.1, 0.15) is 10.7 Å². The van der Waals surface area contributed by atoms with Gasteiger partial charge in [0.15, 0.2) is 0 Å². The highest BCUT2D eigenvalue weighted by atomic mass is 35.5. The van der Waals surface area contributed by atoms with Crippen LogP contribution in [0.2, 0.25) is 0 Å². The summed E-state index contributed by atoms with van der Waals surface area (Å²) in [4.78, 5) is 28.8. The second-order valence-electron chi connectivity index (χ2n) is 4.61. The standard InChI is InChI=1S/C15H16ClNO2S/c1-2-3-4-5-9-20-15-11(16)14(19)12-10(13(15)18)7-6-8-17-12/h6-8H,2-5,9H2,1H3. The Morgan fingerprint density at radius 1 is 1.20 bits per heavy atom. The van der Waals surface area contributed by atoms with Gasteiger partial charge in [0.25, 0.3) is 0 Å². The van der Waals surface area contributed by atoms with E-state index >= 15 is 0 Å². The summed E-state index contributed by atoms with van der Waals surface area (Å²) in [5, 5.41) is 0.0155. The second kappa shape index (κ2) is 7.04. The molecule has 1 aromatic heterocycles. The number of hydrogen-bond donors (Lipinski definition) is 0. The third kappa shape index (κ3) is 3.13. The molecule has 0 aliphatic heterocycles. The molecular formula is C15H16ClNO2S. The average molecular weight is 310 g/mol. The molecule has 0 fully saturated rings. The molecule has 0 bridgehead atoms. The van der Waals surface area contributed by atoms with Gasteiger partial charge in [-0.2, -0.15) is 0 Å². The van der Waals surface area contributed by atoms with Gasteiger partial charge >= 0.3 is 0 Å². The van der Waals surface area contributed by atoms with Crippen molar-refractivity contribution in [3.63, 3.8) is 0 Å². The topological polar surface area (TPSA) is 47.0 Å². The molecule has 2 rings (SSSR count). The normalized spacial score (nSPS) is 14.7. The van der Waals surface area contributed by atoms with E-state index < -0.39 is 0 Å². The largest absolute Gasteiger partial charge is 0.288 e. The minimum absolute atomic E-state index is 0.0155. The average Bonchev–Trinajstić information content (AvgIpc) is 2.48. The molecule has 106 valence electrons. The monoisotopic (exact) mass is 309 g/mol. The Hall–Kier alpha value is -1.13. The zero-order chi connectivity index (χ0) is 14.5. The van der Waals surface area contributed by atoms with E-state index in [1.54, 1.807) is 12.1 Å². The lowest BCUT2D eigenvalue weighted by Crippen LogP contribution is -2.20. The van der Waals surface area contributed by atoms with Crippen LogP contribution >= 0.6 is 23.4 Å². The number of ketones is 2. The summed E-state index contributed by atoms with van der Waals surface area (Å²) < 4.78 is 0. The van der Waals surface area contributed by atoms with Crippen molar-refractivity contribution in [1.82, 2.24) is 4.98 Å². The number of aromatic nitrogens is 1. The van der Waals surface area contributed by atoms with Crippen LogP contribution in [-0.4, -0.2) is 22.3 Å². The smallest absolute Gasteiger partial charge is 0.224 e. The fourth-order valence-electron chi connectivity index (χ4n) is 2.03. The third-order valence-corrected chi connectivity index (χ3v) is 4.76. The zero-order valence-electron chi connectivity index (χ0n) is 11.3. The lowest BCUT2D eigenvalue weighted by Gasteiger charge is -2.16. The Kier molecular flexibility index (Phi) is 5.38. The highest BCUT2D eigenvalue weighted by molar-refractivity contribution is 8.04. The van der Waals surface area contributed by atoms with Gasteiger partial charge in [-0.1, -0.05) is 37.8 Å². The minimum atomic E-state index is -0.349. The summed E-state index contributed by atoms with van der Waals surface area (Å²) in [5.41, 5.74) is 0.524. The molecule has 1 aliphatic carbocycles. The molecule has 0 spiro atoms. The minimum Gasteiger partial charge on any atom is -0.288 e. The first-order valence-electron chi connectivity index (χ1n) is 6.73. The van der Waals surface area contributed by atoms with Crippen LogP contribution < -0.4 is 0 Å². The maximum atomic E-state index is 12.3. The van der Waals surface area contributed by atoms with Gasteiger partial charge in [0.05, 0.1) is 10.5 Å². The van der Waals surface area contributed by atoms with Crippen LogP contribution in [0.4, 0.5) is 0 Å². The fraction of sp³-hybridized carbons (Fsp3) is 0.400. The maximum absolute atomic E-state index is 12.3. The van der Waals surface area contributed by atoms with Gasteiger partial charge in [0.2, 0.25) is 11.6 Å². The summed E-state index contributed by atoms with van der Waals surface area (Å²) in [6.45, 7) is 2.15. The number of nitrogens with zero attached hydrogens (tertiary/aromatic N) is 1. The quantitative estimate of drug-likeness (QED) is 0.738. The van der Waals surface area contributed by atoms with Crippen LogP contribution in [0.5, 0.6) is 0 Å². The number of carbonyl (C=O) groups excluding carboxylic acids is 2. The van der Waals surface area contributed by atoms with E-state index in [2.05, 4.69) is 11.9 Å². The first-order chi connectivity index (χ1) is 9.66. The Bertz CT molecular complexity index is 569. The van der Waals surface area contributed by atoms with E-state index in [1.807, 2.05) is 0 Å². The van der Waals surface area contributed by atoms with Crippen molar-refractivity contribution in [3.05, 3.63) is 39.5 Å². The predicted octanol–water partition coefficient (Wildman–Crippen LogP) is 4.22. The van der Waals surface area contributed by atoms with Gasteiger partial charge in [-0.05, 0) is 24.3 Å². The lowest BCUT2D eigenvalue weighted by molar-refractivity contribution is 0.0984. The van der Waals surface area contributed by atoms with E-state index in [0.717, 1.165) is 18.6 Å². The molecule has 0 radical (unpaired) electrons. The maximum Gasteiger partial charge on any atom is 0.224 e. The van der Waals surface area contributed by atoms with E-state index in [-0.39, 0.29) is 22.3 Å². The van der Waals surface area contributed by atoms with E-state index in [9.17, 15) is 9.59 Å². The number of carbonyl (C=O) groups is 2. The number of hydrogen-bond acceptors (Lipinski definition) is 4. The summed E-state index contributed by atoms with van der Waals surface area (Å²) in [5.74, 6) is 0.274. The molecule has 1 aromatic rings. The number of pyridine rings is 1. The molecule has 0 N–H and O–H groups in total. The van der Waals surface area contributed by atoms with Crippen molar-refractivity contribution < 1.29 is 9.59 Å². The number of fused-ring (bicyclic) bond motifs is 1. The van der Waals surface area contributed by atoms with Gasteiger partial charge < -0.3 is 0 Å². The molecule has 0 atom stereocenters. The van der Waals surface area contributed by atoms with Crippen molar-refractivity contribution in [2.45, 2.75) is 32.6 Å². The molecular weight excluding hydrogens is 294 g/mol. The number of rotatable bonds is 6. The summed E-state index contributed by atoms with van der Waals surface area (Å²) in [7, 11) is 0. The molecule has 0 amide bonds. The molecule has 0 unspecified atom stereocenters. The van der Waals surface area contributed by atoms with Crippen molar-refractivity contribution in [3.8, 4) is 0 Å². The van der Waals surface area contributed by atoms with E-state index in [4.69, 9.17) is 11.6 Å². The highest BCUT2D eigenvalue weighted by Gasteiger charge is 2.32. The molecule has 0 saturated carbocycles. The van der Waals surface area contributed by atoms with Crippen LogP contribution in [0, 0.1) is 0 Å². The van der Waals surface area contributed by atoms with Gasteiger partial charge in [-0.15, -0.1) is 11.8 Å². The van der Waals surface area contributed by atoms with Crippen molar-refractivity contribution in [2.24, 2.45) is 0 Å². The third-order valence-electron chi connectivity index (χ3n) is 3.12. The molecule has 0 aromatic carbocycles. The van der Waals surface area contributed by atoms with Gasteiger partial charge in [-0.25, -0.2) is 0 Å². The first-order valence-corrected chi connectivity index (χ1v) is 8.10. The van der Waals surface area contributed by atoms with Crippen LogP contribution in [0.15, 0.2) is 28.3 Å².